The molecule has 0 fully saturated rings. The monoisotopic (exact) mass is 445 g/mol. The first-order valence-corrected chi connectivity index (χ1v) is 10.7. The van der Waals surface area contributed by atoms with E-state index in [1.165, 1.54) is 0 Å². The fourth-order valence-electron chi connectivity index (χ4n) is 3.40. The minimum Gasteiger partial charge on any atom is -0.489 e. The first-order chi connectivity index (χ1) is 15.5. The molecule has 4 rings (SSSR count). The fourth-order valence-corrected chi connectivity index (χ4v) is 3.60. The Hall–Kier alpha value is -3.57. The lowest BCUT2D eigenvalue weighted by molar-refractivity contribution is 0.0992. The molecule has 0 spiro atoms. The van der Waals surface area contributed by atoms with Crippen LogP contribution in [-0.4, -0.2) is 22.7 Å². The highest BCUT2D eigenvalue weighted by Crippen LogP contribution is 2.26. The molecule has 162 valence electrons. The van der Waals surface area contributed by atoms with E-state index < -0.39 is 0 Å². The van der Waals surface area contributed by atoms with Gasteiger partial charge in [0.1, 0.15) is 12.4 Å². The Labute approximate surface area is 192 Å². The molecule has 1 aromatic heterocycles. The third-order valence-electron chi connectivity index (χ3n) is 5.22. The molecule has 3 aromatic carbocycles. The number of nitrogens with zero attached hydrogens (tertiary/aromatic N) is 3. The van der Waals surface area contributed by atoms with Gasteiger partial charge in [-0.15, -0.1) is 0 Å². The van der Waals surface area contributed by atoms with Crippen molar-refractivity contribution >= 4 is 23.3 Å². The molecule has 0 bridgehead atoms. The van der Waals surface area contributed by atoms with Crippen LogP contribution in [0, 0.1) is 6.92 Å². The highest BCUT2D eigenvalue weighted by Gasteiger charge is 2.17. The first kappa shape index (κ1) is 21.7. The third kappa shape index (κ3) is 5.01. The Bertz CT molecular complexity index is 1210. The molecule has 0 unspecified atom stereocenters. The number of halogens is 1. The molecule has 1 heterocycles. The van der Waals surface area contributed by atoms with E-state index in [0.717, 1.165) is 22.6 Å². The SMILES string of the molecule is Cc1cc(N(C)C(=O)c2ccccc2)nn1Cc1cc(Cl)ccc1OCc1ccccc1. The van der Waals surface area contributed by atoms with Crippen molar-refractivity contribution in [3.8, 4) is 5.75 Å². The summed E-state index contributed by atoms with van der Waals surface area (Å²) in [4.78, 5) is 14.3. The van der Waals surface area contributed by atoms with Crippen LogP contribution in [0.2, 0.25) is 5.02 Å². The summed E-state index contributed by atoms with van der Waals surface area (Å²) in [5.41, 5.74) is 3.56. The maximum atomic E-state index is 12.8. The summed E-state index contributed by atoms with van der Waals surface area (Å²) in [6, 6.07) is 26.7. The van der Waals surface area contributed by atoms with E-state index in [-0.39, 0.29) is 5.91 Å². The van der Waals surface area contributed by atoms with E-state index in [0.29, 0.717) is 29.6 Å². The maximum absolute atomic E-state index is 12.8. The van der Waals surface area contributed by atoms with Crippen LogP contribution in [0.15, 0.2) is 84.9 Å². The van der Waals surface area contributed by atoms with Crippen molar-refractivity contribution in [2.24, 2.45) is 0 Å². The average molecular weight is 446 g/mol. The molecule has 6 heteroatoms. The summed E-state index contributed by atoms with van der Waals surface area (Å²) in [6.45, 7) is 2.91. The molecule has 5 nitrogen and oxygen atoms in total. The van der Waals surface area contributed by atoms with Gasteiger partial charge >= 0.3 is 0 Å². The van der Waals surface area contributed by atoms with Gasteiger partial charge in [0.15, 0.2) is 5.82 Å². The summed E-state index contributed by atoms with van der Waals surface area (Å²) in [5.74, 6) is 1.23. The van der Waals surface area contributed by atoms with E-state index in [1.54, 1.807) is 24.1 Å². The topological polar surface area (TPSA) is 47.4 Å². The van der Waals surface area contributed by atoms with E-state index >= 15 is 0 Å². The van der Waals surface area contributed by atoms with E-state index in [2.05, 4.69) is 5.10 Å². The zero-order valence-corrected chi connectivity index (χ0v) is 18.8. The van der Waals surface area contributed by atoms with Crippen molar-refractivity contribution in [3.05, 3.63) is 112 Å². The van der Waals surface area contributed by atoms with Crippen LogP contribution in [0.4, 0.5) is 5.82 Å². The quantitative estimate of drug-likeness (QED) is 0.364. The van der Waals surface area contributed by atoms with Gasteiger partial charge in [0.05, 0.1) is 6.54 Å². The zero-order chi connectivity index (χ0) is 22.5. The molecule has 0 aliphatic heterocycles. The fraction of sp³-hybridized carbons (Fsp3) is 0.154. The summed E-state index contributed by atoms with van der Waals surface area (Å²) in [6.07, 6.45) is 0. The Balaban J connectivity index is 1.54. The van der Waals surface area contributed by atoms with Gasteiger partial charge in [-0.2, -0.15) is 5.10 Å². The Morgan fingerprint density at radius 1 is 1.00 bits per heavy atom. The number of hydrogen-bond donors (Lipinski definition) is 0. The highest BCUT2D eigenvalue weighted by molar-refractivity contribution is 6.30. The number of amides is 1. The van der Waals surface area contributed by atoms with E-state index in [1.807, 2.05) is 84.4 Å². The molecule has 1 amide bonds. The van der Waals surface area contributed by atoms with Crippen molar-refractivity contribution in [2.45, 2.75) is 20.1 Å². The predicted octanol–water partition coefficient (Wildman–Crippen LogP) is 5.75. The van der Waals surface area contributed by atoms with Crippen molar-refractivity contribution in [1.82, 2.24) is 9.78 Å². The molecule has 0 saturated heterocycles. The number of aromatic nitrogens is 2. The van der Waals surface area contributed by atoms with Gasteiger partial charge in [0.25, 0.3) is 5.91 Å². The van der Waals surface area contributed by atoms with Crippen LogP contribution in [-0.2, 0) is 13.2 Å². The maximum Gasteiger partial charge on any atom is 0.259 e. The van der Waals surface area contributed by atoms with Crippen LogP contribution >= 0.6 is 11.6 Å². The minimum absolute atomic E-state index is 0.107. The lowest BCUT2D eigenvalue weighted by Crippen LogP contribution is -2.26. The number of ether oxygens (including phenoxy) is 1. The number of benzene rings is 3. The van der Waals surface area contributed by atoms with Gasteiger partial charge in [-0.1, -0.05) is 60.1 Å². The molecule has 0 atom stereocenters. The number of carbonyl (C=O) groups excluding carboxylic acids is 1. The Morgan fingerprint density at radius 3 is 2.41 bits per heavy atom. The normalized spacial score (nSPS) is 10.7. The number of aryl methyl sites for hydroxylation is 1. The van der Waals surface area contributed by atoms with E-state index in [9.17, 15) is 4.79 Å². The van der Waals surface area contributed by atoms with Crippen LogP contribution in [0.1, 0.15) is 27.2 Å². The van der Waals surface area contributed by atoms with Gasteiger partial charge in [-0.3, -0.25) is 14.4 Å². The summed E-state index contributed by atoms with van der Waals surface area (Å²) >= 11 is 6.27. The lowest BCUT2D eigenvalue weighted by atomic mass is 10.2. The molecule has 4 aromatic rings. The number of hydrogen-bond acceptors (Lipinski definition) is 3. The van der Waals surface area contributed by atoms with Gasteiger partial charge in [-0.25, -0.2) is 0 Å². The van der Waals surface area contributed by atoms with Crippen molar-refractivity contribution < 1.29 is 9.53 Å². The summed E-state index contributed by atoms with van der Waals surface area (Å²) < 4.78 is 7.93. The molecular formula is C26H24ClN3O2. The molecule has 0 radical (unpaired) electrons. The van der Waals surface area contributed by atoms with E-state index in [4.69, 9.17) is 16.3 Å². The molecule has 0 saturated carbocycles. The first-order valence-electron chi connectivity index (χ1n) is 10.3. The van der Waals surface area contributed by atoms with Crippen LogP contribution in [0.3, 0.4) is 0 Å². The zero-order valence-electron chi connectivity index (χ0n) is 18.0. The largest absolute Gasteiger partial charge is 0.489 e. The molecule has 0 aliphatic carbocycles. The summed E-state index contributed by atoms with van der Waals surface area (Å²) in [7, 11) is 1.73. The Kier molecular flexibility index (Phi) is 6.57. The van der Waals surface area contributed by atoms with Gasteiger partial charge in [-0.05, 0) is 42.8 Å². The molecular weight excluding hydrogens is 422 g/mol. The molecule has 0 aliphatic rings. The second-order valence-corrected chi connectivity index (χ2v) is 7.99. The number of carbonyl (C=O) groups is 1. The lowest BCUT2D eigenvalue weighted by Gasteiger charge is -2.15. The second kappa shape index (κ2) is 9.71. The Morgan fingerprint density at radius 2 is 1.69 bits per heavy atom. The van der Waals surface area contributed by atoms with Crippen LogP contribution in [0.5, 0.6) is 5.75 Å². The number of anilines is 1. The standard InChI is InChI=1S/C26H24ClN3O2/c1-19-15-25(29(2)26(31)21-11-7-4-8-12-21)28-30(19)17-22-16-23(27)13-14-24(22)32-18-20-9-5-3-6-10-20/h3-16H,17-18H2,1-2H3. The highest BCUT2D eigenvalue weighted by atomic mass is 35.5. The third-order valence-corrected chi connectivity index (χ3v) is 5.45. The smallest absolute Gasteiger partial charge is 0.259 e. The number of rotatable bonds is 7. The molecule has 32 heavy (non-hydrogen) atoms. The van der Waals surface area contributed by atoms with Crippen molar-refractivity contribution in [1.29, 1.82) is 0 Å². The summed E-state index contributed by atoms with van der Waals surface area (Å²) in [5, 5.41) is 5.30. The van der Waals surface area contributed by atoms with Crippen LogP contribution < -0.4 is 9.64 Å². The van der Waals surface area contributed by atoms with Gasteiger partial charge < -0.3 is 4.74 Å². The minimum atomic E-state index is -0.107. The van der Waals surface area contributed by atoms with Gasteiger partial charge in [0.2, 0.25) is 0 Å². The average Bonchev–Trinajstić information content (AvgIpc) is 3.19. The van der Waals surface area contributed by atoms with Crippen molar-refractivity contribution in [2.75, 3.05) is 11.9 Å². The van der Waals surface area contributed by atoms with Crippen molar-refractivity contribution in [3.63, 3.8) is 0 Å². The second-order valence-electron chi connectivity index (χ2n) is 7.56. The van der Waals surface area contributed by atoms with Crippen LogP contribution in [0.25, 0.3) is 0 Å². The predicted molar refractivity (Wildman–Crippen MR) is 127 cm³/mol. The van der Waals surface area contributed by atoms with Gasteiger partial charge in [0, 0.05) is 35.0 Å². The molecule has 0 N–H and O–H groups in total.